The van der Waals surface area contributed by atoms with Crippen LogP contribution in [0.15, 0.2) is 60.1 Å². The molecule has 0 amide bonds. The van der Waals surface area contributed by atoms with E-state index in [9.17, 15) is 0 Å². The molecule has 0 fully saturated rings. The second-order valence-electron chi connectivity index (χ2n) is 3.69. The molecule has 16 heavy (non-hydrogen) atoms. The zero-order valence-corrected chi connectivity index (χ0v) is 9.96. The predicted molar refractivity (Wildman–Crippen MR) is 72.1 cm³/mol. The van der Waals surface area contributed by atoms with Crippen molar-refractivity contribution < 1.29 is 0 Å². The van der Waals surface area contributed by atoms with Gasteiger partial charge in [-0.3, -0.25) is 0 Å². The van der Waals surface area contributed by atoms with Crippen LogP contribution in [0.4, 0.5) is 0 Å². The Morgan fingerprint density at radius 3 is 2.69 bits per heavy atom. The first-order chi connectivity index (χ1) is 7.77. The molecular weight excluding hydrogens is 214 g/mol. The number of hydrogen-bond acceptors (Lipinski definition) is 2. The van der Waals surface area contributed by atoms with E-state index in [2.05, 4.69) is 31.4 Å². The maximum Gasteiger partial charge on any atom is 0.0565 e. The molecule has 0 radical (unpaired) electrons. The molecule has 0 aromatic heterocycles. The lowest BCUT2D eigenvalue weighted by molar-refractivity contribution is 0.861. The molecule has 0 aliphatic carbocycles. The SMILES string of the molecule is C=CC1=C(C=C)C(N)c2ccccc2CS1. The molecule has 1 aliphatic rings. The third-order valence-electron chi connectivity index (χ3n) is 2.80. The average molecular weight is 229 g/mol. The molecule has 82 valence electrons. The summed E-state index contributed by atoms with van der Waals surface area (Å²) in [6, 6.07) is 8.23. The normalized spacial score (nSPS) is 19.9. The fourth-order valence-corrected chi connectivity index (χ4v) is 3.00. The molecule has 2 N–H and O–H groups in total. The quantitative estimate of drug-likeness (QED) is 0.839. The van der Waals surface area contributed by atoms with Crippen molar-refractivity contribution in [3.8, 4) is 0 Å². The molecule has 1 nitrogen and oxygen atoms in total. The minimum Gasteiger partial charge on any atom is -0.320 e. The van der Waals surface area contributed by atoms with Crippen LogP contribution >= 0.6 is 11.8 Å². The zero-order valence-electron chi connectivity index (χ0n) is 9.15. The smallest absolute Gasteiger partial charge is 0.0565 e. The molecular formula is C14H15NS. The highest BCUT2D eigenvalue weighted by Crippen LogP contribution is 2.37. The van der Waals surface area contributed by atoms with Crippen LogP contribution in [-0.2, 0) is 5.75 Å². The summed E-state index contributed by atoms with van der Waals surface area (Å²) in [5.41, 5.74) is 9.85. The highest BCUT2D eigenvalue weighted by molar-refractivity contribution is 8.02. The molecule has 0 spiro atoms. The predicted octanol–water partition coefficient (Wildman–Crippen LogP) is 3.56. The van der Waals surface area contributed by atoms with Gasteiger partial charge < -0.3 is 5.73 Å². The first-order valence-electron chi connectivity index (χ1n) is 5.23. The summed E-state index contributed by atoms with van der Waals surface area (Å²) < 4.78 is 0. The lowest BCUT2D eigenvalue weighted by Crippen LogP contribution is -2.13. The fourth-order valence-electron chi connectivity index (χ4n) is 1.93. The maximum absolute atomic E-state index is 6.28. The third kappa shape index (κ3) is 1.86. The highest BCUT2D eigenvalue weighted by Gasteiger charge is 2.19. The maximum atomic E-state index is 6.28. The Morgan fingerprint density at radius 1 is 1.25 bits per heavy atom. The average Bonchev–Trinajstić information content (AvgIpc) is 2.46. The lowest BCUT2D eigenvalue weighted by Gasteiger charge is -2.15. The van der Waals surface area contributed by atoms with Crippen molar-refractivity contribution in [2.45, 2.75) is 11.8 Å². The van der Waals surface area contributed by atoms with Crippen LogP contribution in [0.3, 0.4) is 0 Å². The van der Waals surface area contributed by atoms with Gasteiger partial charge in [-0.1, -0.05) is 49.6 Å². The summed E-state index contributed by atoms with van der Waals surface area (Å²) in [6.45, 7) is 7.69. The van der Waals surface area contributed by atoms with E-state index in [1.807, 2.05) is 18.2 Å². The Balaban J connectivity index is 2.55. The van der Waals surface area contributed by atoms with Crippen LogP contribution in [-0.4, -0.2) is 0 Å². The van der Waals surface area contributed by atoms with Crippen molar-refractivity contribution >= 4 is 11.8 Å². The summed E-state index contributed by atoms with van der Waals surface area (Å²) in [4.78, 5) is 1.14. The Morgan fingerprint density at radius 2 is 2.00 bits per heavy atom. The van der Waals surface area contributed by atoms with E-state index in [1.165, 1.54) is 11.1 Å². The van der Waals surface area contributed by atoms with E-state index < -0.39 is 0 Å². The molecule has 1 aromatic rings. The molecule has 1 heterocycles. The van der Waals surface area contributed by atoms with Crippen LogP contribution in [0.1, 0.15) is 17.2 Å². The summed E-state index contributed by atoms with van der Waals surface area (Å²) in [5, 5.41) is 0. The second kappa shape index (κ2) is 4.73. The van der Waals surface area contributed by atoms with Crippen molar-refractivity contribution in [2.24, 2.45) is 5.73 Å². The van der Waals surface area contributed by atoms with E-state index in [4.69, 9.17) is 5.73 Å². The van der Waals surface area contributed by atoms with Gasteiger partial charge in [-0.2, -0.15) is 0 Å². The van der Waals surface area contributed by atoms with Crippen LogP contribution in [0.5, 0.6) is 0 Å². The second-order valence-corrected chi connectivity index (χ2v) is 4.71. The number of nitrogens with two attached hydrogens (primary N) is 1. The van der Waals surface area contributed by atoms with Gasteiger partial charge in [0.1, 0.15) is 0 Å². The van der Waals surface area contributed by atoms with Gasteiger partial charge >= 0.3 is 0 Å². The number of thioether (sulfide) groups is 1. The minimum absolute atomic E-state index is 0.0864. The summed E-state index contributed by atoms with van der Waals surface area (Å²) in [6.07, 6.45) is 3.71. The fraction of sp³-hybridized carbons (Fsp3) is 0.143. The Bertz CT molecular complexity index is 460. The van der Waals surface area contributed by atoms with Crippen LogP contribution in [0, 0.1) is 0 Å². The Kier molecular flexibility index (Phi) is 3.32. The molecule has 1 aromatic carbocycles. The molecule has 1 aliphatic heterocycles. The molecule has 0 bridgehead atoms. The topological polar surface area (TPSA) is 26.0 Å². The Hall–Kier alpha value is -1.25. The van der Waals surface area contributed by atoms with Gasteiger partial charge in [0.2, 0.25) is 0 Å². The van der Waals surface area contributed by atoms with E-state index in [1.54, 1.807) is 11.8 Å². The molecule has 1 atom stereocenters. The van der Waals surface area contributed by atoms with Crippen molar-refractivity contribution in [2.75, 3.05) is 0 Å². The van der Waals surface area contributed by atoms with E-state index in [0.29, 0.717) is 0 Å². The van der Waals surface area contributed by atoms with Crippen LogP contribution in [0.2, 0.25) is 0 Å². The number of hydrogen-bond donors (Lipinski definition) is 1. The van der Waals surface area contributed by atoms with Gasteiger partial charge in [-0.05, 0) is 16.7 Å². The molecule has 0 saturated heterocycles. The molecule has 0 saturated carbocycles. The lowest BCUT2D eigenvalue weighted by atomic mass is 9.95. The molecule has 1 unspecified atom stereocenters. The van der Waals surface area contributed by atoms with Crippen molar-refractivity contribution in [3.63, 3.8) is 0 Å². The summed E-state index contributed by atoms with van der Waals surface area (Å²) >= 11 is 1.77. The molecule has 2 rings (SSSR count). The first kappa shape index (κ1) is 11.2. The van der Waals surface area contributed by atoms with Gasteiger partial charge in [0.25, 0.3) is 0 Å². The number of allylic oxidation sites excluding steroid dienone is 1. The number of benzene rings is 1. The third-order valence-corrected chi connectivity index (χ3v) is 3.97. The number of rotatable bonds is 2. The first-order valence-corrected chi connectivity index (χ1v) is 6.21. The van der Waals surface area contributed by atoms with Gasteiger partial charge in [-0.15, -0.1) is 11.8 Å². The largest absolute Gasteiger partial charge is 0.320 e. The molecule has 2 heteroatoms. The van der Waals surface area contributed by atoms with Crippen LogP contribution < -0.4 is 5.73 Å². The van der Waals surface area contributed by atoms with Gasteiger partial charge in [-0.25, -0.2) is 0 Å². The zero-order chi connectivity index (χ0) is 11.5. The van der Waals surface area contributed by atoms with E-state index >= 15 is 0 Å². The van der Waals surface area contributed by atoms with E-state index in [0.717, 1.165) is 16.2 Å². The summed E-state index contributed by atoms with van der Waals surface area (Å²) in [7, 11) is 0. The van der Waals surface area contributed by atoms with Crippen LogP contribution in [0.25, 0.3) is 0 Å². The standard InChI is InChI=1S/C14H15NS/c1-3-11-13(4-2)16-9-10-7-5-6-8-12(10)14(11)15/h3-8,14H,1-2,9,15H2. The summed E-state index contributed by atoms with van der Waals surface area (Å²) in [5.74, 6) is 0.947. The van der Waals surface area contributed by atoms with Gasteiger partial charge in [0, 0.05) is 10.7 Å². The highest BCUT2D eigenvalue weighted by atomic mass is 32.2. The van der Waals surface area contributed by atoms with Crippen molar-refractivity contribution in [1.82, 2.24) is 0 Å². The van der Waals surface area contributed by atoms with E-state index in [-0.39, 0.29) is 6.04 Å². The van der Waals surface area contributed by atoms with Gasteiger partial charge in [0.15, 0.2) is 0 Å². The van der Waals surface area contributed by atoms with Crippen molar-refractivity contribution in [1.29, 1.82) is 0 Å². The van der Waals surface area contributed by atoms with Gasteiger partial charge in [0.05, 0.1) is 6.04 Å². The monoisotopic (exact) mass is 229 g/mol. The Labute approximate surface area is 101 Å². The minimum atomic E-state index is -0.0864. The van der Waals surface area contributed by atoms with Crippen molar-refractivity contribution in [3.05, 3.63) is 71.2 Å². The number of fused-ring (bicyclic) bond motifs is 1.